The normalized spacial score (nSPS) is 11.8. The highest BCUT2D eigenvalue weighted by atomic mass is 15.1. The largest absolute Gasteiger partial charge is 0.309 e. The van der Waals surface area contributed by atoms with Gasteiger partial charge in [-0.3, -0.25) is 4.57 Å². The summed E-state index contributed by atoms with van der Waals surface area (Å²) < 4.78 is 4.68. The molecule has 3 aromatic heterocycles. The lowest BCUT2D eigenvalue weighted by atomic mass is 10.1. The Balaban J connectivity index is 1.47. The van der Waals surface area contributed by atoms with E-state index in [1.807, 2.05) is 30.3 Å². The Morgan fingerprint density at radius 1 is 0.381 bits per heavy atom. The number of hydrogen-bond donors (Lipinski definition) is 0. The van der Waals surface area contributed by atoms with Crippen molar-refractivity contribution in [2.75, 3.05) is 0 Å². The number of hydrogen-bond acceptors (Lipinski definition) is 2. The van der Waals surface area contributed by atoms with Gasteiger partial charge in [0.05, 0.1) is 33.1 Å². The second kappa shape index (κ2) is 8.88. The van der Waals surface area contributed by atoms with Gasteiger partial charge >= 0.3 is 0 Å². The van der Waals surface area contributed by atoms with Crippen LogP contribution in [0.3, 0.4) is 0 Å². The van der Waals surface area contributed by atoms with E-state index in [1.165, 1.54) is 27.1 Å². The van der Waals surface area contributed by atoms with E-state index >= 15 is 0 Å². The number of benzene rings is 6. The topological polar surface area (TPSA) is 35.6 Å². The molecule has 9 aromatic rings. The molecule has 6 aromatic carbocycles. The van der Waals surface area contributed by atoms with Gasteiger partial charge in [-0.25, -0.2) is 9.97 Å². The van der Waals surface area contributed by atoms with E-state index in [0.29, 0.717) is 0 Å². The van der Waals surface area contributed by atoms with Gasteiger partial charge < -0.3 is 4.57 Å². The van der Waals surface area contributed by atoms with Crippen molar-refractivity contribution in [2.45, 2.75) is 0 Å². The molecule has 0 atom stereocenters. The van der Waals surface area contributed by atoms with Gasteiger partial charge in [-0.15, -0.1) is 0 Å². The molecule has 42 heavy (non-hydrogen) atoms. The van der Waals surface area contributed by atoms with Crippen molar-refractivity contribution in [3.05, 3.63) is 146 Å². The third-order valence-corrected chi connectivity index (χ3v) is 8.29. The predicted octanol–water partition coefficient (Wildman–Crippen LogP) is 9.49. The Bertz CT molecular complexity index is 2450. The zero-order valence-electron chi connectivity index (χ0n) is 22.6. The van der Waals surface area contributed by atoms with Gasteiger partial charge in [-0.2, -0.15) is 0 Å². The lowest BCUT2D eigenvalue weighted by Gasteiger charge is -2.14. The molecule has 0 unspecified atom stereocenters. The van der Waals surface area contributed by atoms with Crippen LogP contribution in [0, 0.1) is 0 Å². The standard InChI is InChI=1S/C38H24N4/c1-3-13-25(14-4-1)37-38(40-32-20-10-9-19-31(32)39-37)42-34-22-12-8-18-28(34)30-23-29-27-17-7-11-21-33(27)41(35(29)24-36(30)42)26-15-5-2-6-16-26/h1-24H. The summed E-state index contributed by atoms with van der Waals surface area (Å²) in [5.41, 5.74) is 9.36. The Morgan fingerprint density at radius 2 is 0.905 bits per heavy atom. The zero-order chi connectivity index (χ0) is 27.6. The fourth-order valence-corrected chi connectivity index (χ4v) is 6.45. The molecule has 9 rings (SSSR count). The lowest BCUT2D eigenvalue weighted by molar-refractivity contribution is 1.08. The summed E-state index contributed by atoms with van der Waals surface area (Å²) in [5, 5.41) is 4.87. The molecule has 0 saturated carbocycles. The van der Waals surface area contributed by atoms with Gasteiger partial charge in [0, 0.05) is 32.8 Å². The highest BCUT2D eigenvalue weighted by molar-refractivity contribution is 6.19. The van der Waals surface area contributed by atoms with Crippen molar-refractivity contribution in [3.63, 3.8) is 0 Å². The Morgan fingerprint density at radius 3 is 1.60 bits per heavy atom. The number of aromatic nitrogens is 4. The van der Waals surface area contributed by atoms with Crippen LogP contribution < -0.4 is 0 Å². The van der Waals surface area contributed by atoms with Crippen molar-refractivity contribution in [2.24, 2.45) is 0 Å². The second-order valence-corrected chi connectivity index (χ2v) is 10.7. The summed E-state index contributed by atoms with van der Waals surface area (Å²) in [7, 11) is 0. The molecular weight excluding hydrogens is 512 g/mol. The van der Waals surface area contributed by atoms with E-state index in [9.17, 15) is 0 Å². The first kappa shape index (κ1) is 23.0. The van der Waals surface area contributed by atoms with Gasteiger partial charge in [0.15, 0.2) is 5.82 Å². The first-order valence-electron chi connectivity index (χ1n) is 14.2. The molecule has 0 amide bonds. The van der Waals surface area contributed by atoms with Crippen LogP contribution in [0.4, 0.5) is 0 Å². The number of nitrogens with zero attached hydrogens (tertiary/aromatic N) is 4. The summed E-state index contributed by atoms with van der Waals surface area (Å²) >= 11 is 0. The molecular formula is C38H24N4. The second-order valence-electron chi connectivity index (χ2n) is 10.7. The first-order valence-corrected chi connectivity index (χ1v) is 14.2. The number of fused-ring (bicyclic) bond motifs is 7. The average Bonchev–Trinajstić information content (AvgIpc) is 3.56. The van der Waals surface area contributed by atoms with Crippen LogP contribution >= 0.6 is 0 Å². The minimum Gasteiger partial charge on any atom is -0.309 e. The minimum absolute atomic E-state index is 0.827. The summed E-state index contributed by atoms with van der Waals surface area (Å²) in [5.74, 6) is 0.827. The van der Waals surface area contributed by atoms with Gasteiger partial charge in [-0.1, -0.05) is 97.1 Å². The molecule has 4 nitrogen and oxygen atoms in total. The van der Waals surface area contributed by atoms with Crippen LogP contribution in [-0.2, 0) is 0 Å². The molecule has 0 fully saturated rings. The fourth-order valence-electron chi connectivity index (χ4n) is 6.45. The van der Waals surface area contributed by atoms with Crippen LogP contribution in [0.1, 0.15) is 0 Å². The number of para-hydroxylation sites is 5. The Kier molecular flexibility index (Phi) is 4.87. The molecule has 0 spiro atoms. The molecule has 0 saturated heterocycles. The monoisotopic (exact) mass is 536 g/mol. The van der Waals surface area contributed by atoms with E-state index in [0.717, 1.165) is 50.3 Å². The Hall–Kier alpha value is -5.74. The molecule has 196 valence electrons. The molecule has 0 radical (unpaired) electrons. The van der Waals surface area contributed by atoms with Gasteiger partial charge in [-0.05, 0) is 48.5 Å². The summed E-state index contributed by atoms with van der Waals surface area (Å²) in [6.45, 7) is 0. The van der Waals surface area contributed by atoms with Gasteiger partial charge in [0.2, 0.25) is 0 Å². The number of rotatable bonds is 3. The van der Waals surface area contributed by atoms with E-state index in [2.05, 4.69) is 124 Å². The molecule has 3 heterocycles. The predicted molar refractivity (Wildman–Crippen MR) is 174 cm³/mol. The van der Waals surface area contributed by atoms with Crippen LogP contribution in [0.5, 0.6) is 0 Å². The summed E-state index contributed by atoms with van der Waals surface area (Å²) in [6, 6.07) is 51.1. The van der Waals surface area contributed by atoms with Crippen LogP contribution in [0.25, 0.3) is 77.4 Å². The summed E-state index contributed by atoms with van der Waals surface area (Å²) in [6.07, 6.45) is 0. The molecule has 0 bridgehead atoms. The third kappa shape index (κ3) is 3.29. The fraction of sp³-hybridized carbons (Fsp3) is 0. The maximum atomic E-state index is 5.29. The van der Waals surface area contributed by atoms with E-state index in [1.54, 1.807) is 0 Å². The minimum atomic E-state index is 0.827. The van der Waals surface area contributed by atoms with Crippen LogP contribution in [0.2, 0.25) is 0 Å². The van der Waals surface area contributed by atoms with Crippen molar-refractivity contribution >= 4 is 54.6 Å². The van der Waals surface area contributed by atoms with E-state index < -0.39 is 0 Å². The first-order chi connectivity index (χ1) is 20.8. The average molecular weight is 537 g/mol. The van der Waals surface area contributed by atoms with Crippen molar-refractivity contribution in [3.8, 4) is 22.8 Å². The lowest BCUT2D eigenvalue weighted by Crippen LogP contribution is -2.03. The van der Waals surface area contributed by atoms with E-state index in [-0.39, 0.29) is 0 Å². The van der Waals surface area contributed by atoms with Crippen molar-refractivity contribution in [1.29, 1.82) is 0 Å². The Labute approximate surface area is 241 Å². The highest BCUT2D eigenvalue weighted by Gasteiger charge is 2.21. The molecule has 4 heteroatoms. The van der Waals surface area contributed by atoms with Gasteiger partial charge in [0.1, 0.15) is 5.69 Å². The molecule has 0 aliphatic carbocycles. The SMILES string of the molecule is c1ccc(-c2nc3ccccc3nc2-n2c3ccccc3c3cc4c5ccccc5n(-c5ccccc5)c4cc32)cc1. The third-order valence-electron chi connectivity index (χ3n) is 8.29. The molecule has 0 N–H and O–H groups in total. The van der Waals surface area contributed by atoms with E-state index in [4.69, 9.17) is 9.97 Å². The maximum absolute atomic E-state index is 5.29. The quantitative estimate of drug-likeness (QED) is 0.225. The smallest absolute Gasteiger partial charge is 0.165 e. The zero-order valence-corrected chi connectivity index (χ0v) is 22.6. The maximum Gasteiger partial charge on any atom is 0.165 e. The van der Waals surface area contributed by atoms with Crippen molar-refractivity contribution < 1.29 is 0 Å². The van der Waals surface area contributed by atoms with Crippen molar-refractivity contribution in [1.82, 2.24) is 19.1 Å². The van der Waals surface area contributed by atoms with Crippen LogP contribution in [0.15, 0.2) is 146 Å². The highest BCUT2D eigenvalue weighted by Crippen LogP contribution is 2.40. The van der Waals surface area contributed by atoms with Crippen LogP contribution in [-0.4, -0.2) is 19.1 Å². The van der Waals surface area contributed by atoms with Gasteiger partial charge in [0.25, 0.3) is 0 Å². The summed E-state index contributed by atoms with van der Waals surface area (Å²) in [4.78, 5) is 10.5. The molecule has 0 aliphatic heterocycles. The molecule has 0 aliphatic rings.